The van der Waals surface area contributed by atoms with Gasteiger partial charge in [0.05, 0.1) is 12.6 Å². The third-order valence-electron chi connectivity index (χ3n) is 2.94. The van der Waals surface area contributed by atoms with E-state index in [1.54, 1.807) is 24.0 Å². The minimum absolute atomic E-state index is 0.00514. The molecule has 1 unspecified atom stereocenters. The van der Waals surface area contributed by atoms with Crippen molar-refractivity contribution in [3.63, 3.8) is 0 Å². The highest BCUT2D eigenvalue weighted by Crippen LogP contribution is 2.11. The van der Waals surface area contributed by atoms with Gasteiger partial charge in [0.25, 0.3) is 0 Å². The minimum atomic E-state index is -0.420. The van der Waals surface area contributed by atoms with Crippen molar-refractivity contribution in [2.24, 2.45) is 5.73 Å². The molecular weight excluding hydrogens is 228 g/mol. The molecule has 0 heterocycles. The van der Waals surface area contributed by atoms with E-state index < -0.39 is 5.91 Å². The highest BCUT2D eigenvalue weighted by Gasteiger charge is 2.25. The van der Waals surface area contributed by atoms with Crippen LogP contribution in [0.1, 0.15) is 31.1 Å². The van der Waals surface area contributed by atoms with E-state index >= 15 is 0 Å². The van der Waals surface area contributed by atoms with Crippen molar-refractivity contribution >= 4 is 11.7 Å². The number of hydrogen-bond donors (Lipinski definition) is 1. The quantitative estimate of drug-likeness (QED) is 0.775. The molecule has 0 saturated heterocycles. The number of carbonyl (C=O) groups excluding carboxylic acids is 2. The zero-order chi connectivity index (χ0) is 13.7. The van der Waals surface area contributed by atoms with Gasteiger partial charge < -0.3 is 5.73 Å². The third kappa shape index (κ3) is 3.67. The predicted molar refractivity (Wildman–Crippen MR) is 71.3 cm³/mol. The summed E-state index contributed by atoms with van der Waals surface area (Å²) < 4.78 is 0. The lowest BCUT2D eigenvalue weighted by atomic mass is 10.0. The van der Waals surface area contributed by atoms with E-state index in [0.29, 0.717) is 5.56 Å². The standard InChI is InChI=1S/C14H20N2O2/c1-10(2)16(9-13(15)17)11(3)14(18)12-7-5-4-6-8-12/h4-8,10-11H,9H2,1-3H3,(H2,15,17). The molecular formula is C14H20N2O2. The largest absolute Gasteiger partial charge is 0.369 e. The summed E-state index contributed by atoms with van der Waals surface area (Å²) in [5.74, 6) is -0.415. The number of amides is 1. The second-order valence-electron chi connectivity index (χ2n) is 4.64. The van der Waals surface area contributed by atoms with Gasteiger partial charge in [-0.3, -0.25) is 14.5 Å². The average Bonchev–Trinajstić information content (AvgIpc) is 2.34. The highest BCUT2D eigenvalue weighted by molar-refractivity contribution is 6.00. The summed E-state index contributed by atoms with van der Waals surface area (Å²) in [7, 11) is 0. The smallest absolute Gasteiger partial charge is 0.231 e. The van der Waals surface area contributed by atoms with Crippen LogP contribution in [-0.4, -0.2) is 35.2 Å². The van der Waals surface area contributed by atoms with E-state index in [2.05, 4.69) is 0 Å². The van der Waals surface area contributed by atoms with Crippen LogP contribution in [0.15, 0.2) is 30.3 Å². The molecule has 0 radical (unpaired) electrons. The maximum atomic E-state index is 12.3. The summed E-state index contributed by atoms with van der Waals surface area (Å²) in [6, 6.07) is 8.80. The Balaban J connectivity index is 2.86. The van der Waals surface area contributed by atoms with Crippen LogP contribution in [0.4, 0.5) is 0 Å². The van der Waals surface area contributed by atoms with Gasteiger partial charge in [-0.05, 0) is 20.8 Å². The number of benzene rings is 1. The third-order valence-corrected chi connectivity index (χ3v) is 2.94. The Morgan fingerprint density at radius 2 is 1.72 bits per heavy atom. The molecule has 0 aliphatic heterocycles. The fourth-order valence-corrected chi connectivity index (χ4v) is 1.94. The first-order valence-corrected chi connectivity index (χ1v) is 6.06. The molecule has 2 N–H and O–H groups in total. The number of rotatable bonds is 6. The van der Waals surface area contributed by atoms with E-state index in [4.69, 9.17) is 5.73 Å². The topological polar surface area (TPSA) is 63.4 Å². The van der Waals surface area contributed by atoms with Crippen molar-refractivity contribution in [2.45, 2.75) is 32.9 Å². The van der Waals surface area contributed by atoms with E-state index in [1.165, 1.54) is 0 Å². The molecule has 0 bridgehead atoms. The molecule has 0 fully saturated rings. The number of ketones is 1. The number of primary amides is 1. The number of nitrogens with two attached hydrogens (primary N) is 1. The highest BCUT2D eigenvalue weighted by atomic mass is 16.1. The summed E-state index contributed by atoms with van der Waals surface area (Å²) in [6.07, 6.45) is 0. The predicted octanol–water partition coefficient (Wildman–Crippen LogP) is 1.45. The lowest BCUT2D eigenvalue weighted by Crippen LogP contribution is -2.47. The number of nitrogens with zero attached hydrogens (tertiary/aromatic N) is 1. The van der Waals surface area contributed by atoms with Gasteiger partial charge in [-0.2, -0.15) is 0 Å². The fourth-order valence-electron chi connectivity index (χ4n) is 1.94. The maximum Gasteiger partial charge on any atom is 0.231 e. The minimum Gasteiger partial charge on any atom is -0.369 e. The Hall–Kier alpha value is -1.68. The molecule has 0 saturated carbocycles. The van der Waals surface area contributed by atoms with Crippen LogP contribution < -0.4 is 5.73 Å². The molecule has 4 nitrogen and oxygen atoms in total. The zero-order valence-electron chi connectivity index (χ0n) is 11.1. The Bertz CT molecular complexity index is 415. The van der Waals surface area contributed by atoms with Crippen LogP contribution in [0, 0.1) is 0 Å². The molecule has 4 heteroatoms. The van der Waals surface area contributed by atoms with Crippen LogP contribution >= 0.6 is 0 Å². The first-order valence-electron chi connectivity index (χ1n) is 6.06. The van der Waals surface area contributed by atoms with Gasteiger partial charge >= 0.3 is 0 Å². The Kier molecular flexibility index (Phi) is 5.04. The molecule has 0 aromatic heterocycles. The second-order valence-corrected chi connectivity index (χ2v) is 4.64. The van der Waals surface area contributed by atoms with Crippen molar-refractivity contribution in [1.29, 1.82) is 0 Å². The lowest BCUT2D eigenvalue weighted by molar-refractivity contribution is -0.119. The number of carbonyl (C=O) groups is 2. The Morgan fingerprint density at radius 3 is 2.17 bits per heavy atom. The van der Waals surface area contributed by atoms with Crippen LogP contribution in [-0.2, 0) is 4.79 Å². The molecule has 0 aliphatic carbocycles. The van der Waals surface area contributed by atoms with Crippen LogP contribution in [0.25, 0.3) is 0 Å². The van der Waals surface area contributed by atoms with Crippen molar-refractivity contribution < 1.29 is 9.59 Å². The summed E-state index contributed by atoms with van der Waals surface area (Å²) in [5, 5.41) is 0. The van der Waals surface area contributed by atoms with Gasteiger partial charge in [-0.1, -0.05) is 30.3 Å². The van der Waals surface area contributed by atoms with Crippen LogP contribution in [0.2, 0.25) is 0 Å². The van der Waals surface area contributed by atoms with Gasteiger partial charge in [0.2, 0.25) is 5.91 Å². The zero-order valence-corrected chi connectivity index (χ0v) is 11.1. The summed E-state index contributed by atoms with van der Waals surface area (Å²) >= 11 is 0. The lowest BCUT2D eigenvalue weighted by Gasteiger charge is -2.30. The maximum absolute atomic E-state index is 12.3. The second kappa shape index (κ2) is 6.31. The van der Waals surface area contributed by atoms with E-state index in [1.807, 2.05) is 32.0 Å². The first kappa shape index (κ1) is 14.4. The van der Waals surface area contributed by atoms with E-state index in [9.17, 15) is 9.59 Å². The summed E-state index contributed by atoms with van der Waals surface area (Å²) in [6.45, 7) is 5.78. The summed E-state index contributed by atoms with van der Waals surface area (Å²) in [5.41, 5.74) is 5.87. The van der Waals surface area contributed by atoms with Crippen molar-refractivity contribution in [3.8, 4) is 0 Å². The van der Waals surface area contributed by atoms with E-state index in [0.717, 1.165) is 0 Å². The fraction of sp³-hybridized carbons (Fsp3) is 0.429. The number of Topliss-reactive ketones (excluding diaryl/α,β-unsaturated/α-hetero) is 1. The SMILES string of the molecule is CC(C)N(CC(N)=O)C(C)C(=O)c1ccccc1. The first-order chi connectivity index (χ1) is 8.43. The van der Waals surface area contributed by atoms with Crippen molar-refractivity contribution in [2.75, 3.05) is 6.54 Å². The summed E-state index contributed by atoms with van der Waals surface area (Å²) in [4.78, 5) is 25.1. The molecule has 1 atom stereocenters. The molecule has 98 valence electrons. The molecule has 1 aromatic carbocycles. The van der Waals surface area contributed by atoms with Gasteiger partial charge in [-0.15, -0.1) is 0 Å². The van der Waals surface area contributed by atoms with Crippen LogP contribution in [0.3, 0.4) is 0 Å². The Labute approximate surface area is 108 Å². The van der Waals surface area contributed by atoms with E-state index in [-0.39, 0.29) is 24.4 Å². The molecule has 1 amide bonds. The van der Waals surface area contributed by atoms with Gasteiger partial charge in [0.15, 0.2) is 5.78 Å². The molecule has 0 spiro atoms. The van der Waals surface area contributed by atoms with Gasteiger partial charge in [0.1, 0.15) is 0 Å². The molecule has 1 aromatic rings. The van der Waals surface area contributed by atoms with Crippen molar-refractivity contribution in [1.82, 2.24) is 4.90 Å². The molecule has 18 heavy (non-hydrogen) atoms. The Morgan fingerprint density at radius 1 is 1.17 bits per heavy atom. The molecule has 0 aliphatic rings. The van der Waals surface area contributed by atoms with Gasteiger partial charge in [0, 0.05) is 11.6 Å². The van der Waals surface area contributed by atoms with Gasteiger partial charge in [-0.25, -0.2) is 0 Å². The average molecular weight is 248 g/mol. The molecule has 1 rings (SSSR count). The van der Waals surface area contributed by atoms with Crippen molar-refractivity contribution in [3.05, 3.63) is 35.9 Å². The number of hydrogen-bond acceptors (Lipinski definition) is 3. The normalized spacial score (nSPS) is 12.7. The van der Waals surface area contributed by atoms with Crippen LogP contribution in [0.5, 0.6) is 0 Å². The monoisotopic (exact) mass is 248 g/mol.